The molecule has 2 aromatic rings. The minimum absolute atomic E-state index is 0.134. The van der Waals surface area contributed by atoms with Gasteiger partial charge in [0, 0.05) is 24.6 Å². The maximum Gasteiger partial charge on any atom is 0.229 e. The maximum atomic E-state index is 12.5. The molecule has 1 aromatic carbocycles. The fraction of sp³-hybridized carbons (Fsp3) is 0.471. The molecular formula is C17H21N3O3. The molecular weight excluding hydrogens is 294 g/mol. The van der Waals surface area contributed by atoms with Crippen molar-refractivity contribution in [2.24, 2.45) is 0 Å². The van der Waals surface area contributed by atoms with Gasteiger partial charge in [-0.3, -0.25) is 4.79 Å². The molecule has 6 nitrogen and oxygen atoms in total. The first kappa shape index (κ1) is 15.5. The van der Waals surface area contributed by atoms with Gasteiger partial charge in [-0.2, -0.15) is 4.98 Å². The van der Waals surface area contributed by atoms with Crippen LogP contribution in [0, 0.1) is 6.92 Å². The molecule has 0 N–H and O–H groups in total. The highest BCUT2D eigenvalue weighted by Gasteiger charge is 2.27. The van der Waals surface area contributed by atoms with E-state index in [9.17, 15) is 4.79 Å². The number of carbonyl (C=O) groups is 1. The minimum atomic E-state index is 0.134. The number of rotatable bonds is 4. The van der Waals surface area contributed by atoms with Crippen molar-refractivity contribution in [3.05, 3.63) is 41.5 Å². The van der Waals surface area contributed by atoms with Crippen LogP contribution in [-0.2, 0) is 11.2 Å². The van der Waals surface area contributed by atoms with E-state index in [1.54, 1.807) is 7.11 Å². The molecule has 0 aliphatic carbocycles. The van der Waals surface area contributed by atoms with E-state index >= 15 is 0 Å². The molecule has 1 aliphatic rings. The summed E-state index contributed by atoms with van der Waals surface area (Å²) in [5.74, 6) is 2.51. The molecule has 0 atom stereocenters. The summed E-state index contributed by atoms with van der Waals surface area (Å²) in [7, 11) is 1.63. The first-order valence-electron chi connectivity index (χ1n) is 7.87. The van der Waals surface area contributed by atoms with Crippen LogP contribution in [0.3, 0.4) is 0 Å². The van der Waals surface area contributed by atoms with Crippen LogP contribution in [-0.4, -0.2) is 41.1 Å². The highest BCUT2D eigenvalue weighted by molar-refractivity contribution is 5.79. The molecule has 122 valence electrons. The molecule has 1 fully saturated rings. The Bertz CT molecular complexity index is 675. The average molecular weight is 315 g/mol. The van der Waals surface area contributed by atoms with Gasteiger partial charge in [-0.1, -0.05) is 23.4 Å². The van der Waals surface area contributed by atoms with E-state index in [2.05, 4.69) is 10.1 Å². The van der Waals surface area contributed by atoms with Crippen LogP contribution in [0.5, 0.6) is 5.75 Å². The Kier molecular flexibility index (Phi) is 4.60. The molecule has 1 amide bonds. The van der Waals surface area contributed by atoms with Crippen LogP contribution < -0.4 is 4.74 Å². The summed E-state index contributed by atoms with van der Waals surface area (Å²) in [6.45, 7) is 3.26. The molecule has 3 rings (SSSR count). The topological polar surface area (TPSA) is 68.5 Å². The molecule has 23 heavy (non-hydrogen) atoms. The largest absolute Gasteiger partial charge is 0.496 e. The van der Waals surface area contributed by atoms with Crippen molar-refractivity contribution >= 4 is 5.91 Å². The number of nitrogens with zero attached hydrogens (tertiary/aromatic N) is 3. The number of aromatic nitrogens is 2. The number of hydrogen-bond donors (Lipinski definition) is 0. The standard InChI is InChI=1S/C17H21N3O3/c1-12-18-17(23-19-12)13-7-9-20(10-8-13)16(21)11-14-5-3-4-6-15(14)22-2/h3-6,13H,7-11H2,1-2H3. The first-order chi connectivity index (χ1) is 11.2. The minimum Gasteiger partial charge on any atom is -0.496 e. The lowest BCUT2D eigenvalue weighted by Crippen LogP contribution is -2.38. The number of amides is 1. The van der Waals surface area contributed by atoms with Crippen molar-refractivity contribution in [1.29, 1.82) is 0 Å². The number of likely N-dealkylation sites (tertiary alicyclic amines) is 1. The number of para-hydroxylation sites is 1. The van der Waals surface area contributed by atoms with Crippen LogP contribution in [0.4, 0.5) is 0 Å². The van der Waals surface area contributed by atoms with E-state index in [1.165, 1.54) is 0 Å². The lowest BCUT2D eigenvalue weighted by atomic mass is 9.96. The number of ether oxygens (including phenoxy) is 1. The third-order valence-corrected chi connectivity index (χ3v) is 4.27. The number of aryl methyl sites for hydroxylation is 1. The second-order valence-corrected chi connectivity index (χ2v) is 5.82. The molecule has 2 heterocycles. The molecule has 1 saturated heterocycles. The second kappa shape index (κ2) is 6.81. The van der Waals surface area contributed by atoms with Gasteiger partial charge < -0.3 is 14.2 Å². The van der Waals surface area contributed by atoms with Crippen LogP contribution in [0.15, 0.2) is 28.8 Å². The lowest BCUT2D eigenvalue weighted by Gasteiger charge is -2.30. The Morgan fingerprint density at radius 1 is 1.35 bits per heavy atom. The zero-order valence-electron chi connectivity index (χ0n) is 13.5. The third kappa shape index (κ3) is 3.52. The fourth-order valence-electron chi connectivity index (χ4n) is 2.98. The van der Waals surface area contributed by atoms with Gasteiger partial charge in [0.25, 0.3) is 0 Å². The Hall–Kier alpha value is -2.37. The molecule has 0 saturated carbocycles. The molecule has 1 aliphatic heterocycles. The van der Waals surface area contributed by atoms with E-state index in [4.69, 9.17) is 9.26 Å². The zero-order valence-corrected chi connectivity index (χ0v) is 13.5. The van der Waals surface area contributed by atoms with Crippen LogP contribution >= 0.6 is 0 Å². The van der Waals surface area contributed by atoms with Gasteiger partial charge in [0.15, 0.2) is 5.82 Å². The van der Waals surface area contributed by atoms with Gasteiger partial charge in [-0.05, 0) is 25.8 Å². The second-order valence-electron chi connectivity index (χ2n) is 5.82. The summed E-state index contributed by atoms with van der Waals surface area (Å²) in [5, 5.41) is 3.84. The van der Waals surface area contributed by atoms with Gasteiger partial charge in [0.1, 0.15) is 5.75 Å². The van der Waals surface area contributed by atoms with Crippen LogP contribution in [0.25, 0.3) is 0 Å². The Morgan fingerprint density at radius 3 is 2.74 bits per heavy atom. The van der Waals surface area contributed by atoms with E-state index in [1.807, 2.05) is 36.1 Å². The van der Waals surface area contributed by atoms with E-state index in [0.29, 0.717) is 18.1 Å². The summed E-state index contributed by atoms with van der Waals surface area (Å²) in [5.41, 5.74) is 0.926. The number of benzene rings is 1. The molecule has 0 unspecified atom stereocenters. The fourth-order valence-corrected chi connectivity index (χ4v) is 2.98. The Balaban J connectivity index is 1.58. The molecule has 1 aromatic heterocycles. The molecule has 0 radical (unpaired) electrons. The van der Waals surface area contributed by atoms with Crippen molar-refractivity contribution < 1.29 is 14.1 Å². The number of piperidine rings is 1. The van der Waals surface area contributed by atoms with E-state index in [0.717, 1.165) is 37.2 Å². The quantitative estimate of drug-likeness (QED) is 0.866. The molecule has 6 heteroatoms. The van der Waals surface area contributed by atoms with E-state index in [-0.39, 0.29) is 11.8 Å². The van der Waals surface area contributed by atoms with Crippen LogP contribution in [0.2, 0.25) is 0 Å². The first-order valence-corrected chi connectivity index (χ1v) is 7.87. The zero-order chi connectivity index (χ0) is 16.2. The summed E-state index contributed by atoms with van der Waals surface area (Å²) >= 11 is 0. The predicted octanol–water partition coefficient (Wildman–Crippen LogP) is 2.34. The summed E-state index contributed by atoms with van der Waals surface area (Å²) in [6.07, 6.45) is 2.09. The Morgan fingerprint density at radius 2 is 2.09 bits per heavy atom. The molecule has 0 spiro atoms. The van der Waals surface area contributed by atoms with Gasteiger partial charge in [-0.25, -0.2) is 0 Å². The highest BCUT2D eigenvalue weighted by atomic mass is 16.5. The predicted molar refractivity (Wildman–Crippen MR) is 84.3 cm³/mol. The number of methoxy groups -OCH3 is 1. The monoisotopic (exact) mass is 315 g/mol. The smallest absolute Gasteiger partial charge is 0.229 e. The van der Waals surface area contributed by atoms with Crippen LogP contribution in [0.1, 0.15) is 36.0 Å². The van der Waals surface area contributed by atoms with Gasteiger partial charge >= 0.3 is 0 Å². The van der Waals surface area contributed by atoms with Gasteiger partial charge in [0.05, 0.1) is 13.5 Å². The Labute approximate surface area is 135 Å². The van der Waals surface area contributed by atoms with Crippen molar-refractivity contribution in [2.45, 2.75) is 32.1 Å². The summed E-state index contributed by atoms with van der Waals surface area (Å²) in [6, 6.07) is 7.65. The number of hydrogen-bond acceptors (Lipinski definition) is 5. The molecule has 0 bridgehead atoms. The number of carbonyl (C=O) groups excluding carboxylic acids is 1. The lowest BCUT2D eigenvalue weighted by molar-refractivity contribution is -0.131. The SMILES string of the molecule is COc1ccccc1CC(=O)N1CCC(c2nc(C)no2)CC1. The van der Waals surface area contributed by atoms with Crippen molar-refractivity contribution in [2.75, 3.05) is 20.2 Å². The summed E-state index contributed by atoms with van der Waals surface area (Å²) < 4.78 is 10.6. The summed E-state index contributed by atoms with van der Waals surface area (Å²) in [4.78, 5) is 18.7. The van der Waals surface area contributed by atoms with Crippen molar-refractivity contribution in [3.8, 4) is 5.75 Å². The maximum absolute atomic E-state index is 12.5. The van der Waals surface area contributed by atoms with Gasteiger partial charge in [0.2, 0.25) is 11.8 Å². The van der Waals surface area contributed by atoms with E-state index < -0.39 is 0 Å². The normalized spacial score (nSPS) is 15.7. The average Bonchev–Trinajstić information content (AvgIpc) is 3.02. The van der Waals surface area contributed by atoms with Crippen molar-refractivity contribution in [3.63, 3.8) is 0 Å². The van der Waals surface area contributed by atoms with Gasteiger partial charge in [-0.15, -0.1) is 0 Å². The highest BCUT2D eigenvalue weighted by Crippen LogP contribution is 2.27. The van der Waals surface area contributed by atoms with Crippen molar-refractivity contribution in [1.82, 2.24) is 15.0 Å². The third-order valence-electron chi connectivity index (χ3n) is 4.27.